The molecule has 0 aromatic heterocycles. The lowest BCUT2D eigenvalue weighted by Crippen LogP contribution is -1.87. The molecule has 0 aliphatic carbocycles. The van der Waals surface area contributed by atoms with Crippen molar-refractivity contribution in [2.24, 2.45) is 0 Å². The van der Waals surface area contributed by atoms with Gasteiger partial charge in [0.1, 0.15) is 5.75 Å². The normalized spacial score (nSPS) is 10.0. The van der Waals surface area contributed by atoms with Crippen LogP contribution in [0.25, 0.3) is 0 Å². The van der Waals surface area contributed by atoms with Gasteiger partial charge in [-0.1, -0.05) is 99.5 Å². The van der Waals surface area contributed by atoms with Crippen LogP contribution in [-0.4, -0.2) is 5.11 Å². The SMILES string of the molecule is CCCCCCCCCc1ccccc1O.Cc1ccccc1. The summed E-state index contributed by atoms with van der Waals surface area (Å²) in [6, 6.07) is 17.9. The molecule has 0 spiro atoms. The van der Waals surface area contributed by atoms with Gasteiger partial charge in [0.05, 0.1) is 0 Å². The first-order chi connectivity index (χ1) is 11.2. The summed E-state index contributed by atoms with van der Waals surface area (Å²) in [6.45, 7) is 4.33. The minimum Gasteiger partial charge on any atom is -0.508 e. The molecule has 2 aromatic carbocycles. The Morgan fingerprint density at radius 2 is 1.26 bits per heavy atom. The largest absolute Gasteiger partial charge is 0.508 e. The smallest absolute Gasteiger partial charge is 0.118 e. The molecule has 0 bridgehead atoms. The molecule has 23 heavy (non-hydrogen) atoms. The molecule has 126 valence electrons. The van der Waals surface area contributed by atoms with Gasteiger partial charge in [-0.25, -0.2) is 0 Å². The number of phenolic OH excluding ortho intramolecular Hbond substituents is 1. The lowest BCUT2D eigenvalue weighted by molar-refractivity contribution is 0.466. The van der Waals surface area contributed by atoms with Crippen LogP contribution in [0.3, 0.4) is 0 Å². The molecule has 0 aliphatic heterocycles. The Morgan fingerprint density at radius 3 is 1.83 bits per heavy atom. The fourth-order valence-electron chi connectivity index (χ4n) is 2.53. The van der Waals surface area contributed by atoms with E-state index in [4.69, 9.17) is 0 Å². The van der Waals surface area contributed by atoms with Crippen LogP contribution < -0.4 is 0 Å². The average Bonchev–Trinajstić information content (AvgIpc) is 2.57. The highest BCUT2D eigenvalue weighted by molar-refractivity contribution is 5.31. The summed E-state index contributed by atoms with van der Waals surface area (Å²) in [7, 11) is 0. The lowest BCUT2D eigenvalue weighted by Gasteiger charge is -2.04. The second kappa shape index (κ2) is 12.8. The van der Waals surface area contributed by atoms with Crippen molar-refractivity contribution in [1.82, 2.24) is 0 Å². The molecule has 0 aliphatic rings. The standard InChI is InChI=1S/C15H24O.C7H8/c1-2-3-4-5-6-7-8-11-14-12-9-10-13-15(14)16;1-7-5-3-2-4-6-7/h9-10,12-13,16H,2-8,11H2,1H3;2-6H,1H3. The van der Waals surface area contributed by atoms with Gasteiger partial charge in [0.2, 0.25) is 0 Å². The molecule has 0 fully saturated rings. The summed E-state index contributed by atoms with van der Waals surface area (Å²) >= 11 is 0. The molecule has 2 aromatic rings. The Hall–Kier alpha value is -1.76. The van der Waals surface area contributed by atoms with Crippen molar-refractivity contribution in [2.75, 3.05) is 0 Å². The maximum Gasteiger partial charge on any atom is 0.118 e. The lowest BCUT2D eigenvalue weighted by atomic mass is 10.0. The zero-order valence-electron chi connectivity index (χ0n) is 14.8. The van der Waals surface area contributed by atoms with Gasteiger partial charge in [-0.3, -0.25) is 0 Å². The number of aryl methyl sites for hydroxylation is 2. The minimum absolute atomic E-state index is 0.452. The van der Waals surface area contributed by atoms with E-state index in [1.54, 1.807) is 6.07 Å². The van der Waals surface area contributed by atoms with Gasteiger partial charge in [0, 0.05) is 0 Å². The summed E-state index contributed by atoms with van der Waals surface area (Å²) in [5, 5.41) is 9.58. The van der Waals surface area contributed by atoms with Crippen molar-refractivity contribution in [3.63, 3.8) is 0 Å². The van der Waals surface area contributed by atoms with Crippen LogP contribution in [0.5, 0.6) is 5.75 Å². The van der Waals surface area contributed by atoms with E-state index >= 15 is 0 Å². The van der Waals surface area contributed by atoms with Crippen molar-refractivity contribution in [3.05, 3.63) is 65.7 Å². The van der Waals surface area contributed by atoms with Gasteiger partial charge >= 0.3 is 0 Å². The van der Waals surface area contributed by atoms with E-state index < -0.39 is 0 Å². The van der Waals surface area contributed by atoms with Crippen LogP contribution in [0.2, 0.25) is 0 Å². The number of aromatic hydroxyl groups is 1. The number of unbranched alkanes of at least 4 members (excludes halogenated alkanes) is 6. The Labute approximate surface area is 142 Å². The maximum atomic E-state index is 9.58. The second-order valence-electron chi connectivity index (χ2n) is 6.15. The monoisotopic (exact) mass is 312 g/mol. The molecule has 1 heteroatoms. The zero-order valence-corrected chi connectivity index (χ0v) is 14.8. The van der Waals surface area contributed by atoms with E-state index in [1.807, 2.05) is 36.4 Å². The molecule has 0 heterocycles. The fraction of sp³-hybridized carbons (Fsp3) is 0.455. The first kappa shape index (κ1) is 19.3. The second-order valence-corrected chi connectivity index (χ2v) is 6.15. The summed E-state index contributed by atoms with van der Waals surface area (Å²) in [4.78, 5) is 0. The van der Waals surface area contributed by atoms with Gasteiger partial charge in [0.25, 0.3) is 0 Å². The first-order valence-corrected chi connectivity index (χ1v) is 9.02. The zero-order chi connectivity index (χ0) is 16.8. The highest BCUT2D eigenvalue weighted by Crippen LogP contribution is 2.18. The first-order valence-electron chi connectivity index (χ1n) is 9.02. The highest BCUT2D eigenvalue weighted by atomic mass is 16.3. The van der Waals surface area contributed by atoms with Crippen molar-refractivity contribution in [2.45, 2.75) is 65.2 Å². The van der Waals surface area contributed by atoms with E-state index in [-0.39, 0.29) is 0 Å². The Morgan fingerprint density at radius 1 is 0.696 bits per heavy atom. The Balaban J connectivity index is 0.000000313. The number of hydrogen-bond acceptors (Lipinski definition) is 1. The van der Waals surface area contributed by atoms with Crippen LogP contribution >= 0.6 is 0 Å². The fourth-order valence-corrected chi connectivity index (χ4v) is 2.53. The number of para-hydroxylation sites is 1. The van der Waals surface area contributed by atoms with Gasteiger partial charge in [-0.2, -0.15) is 0 Å². The van der Waals surface area contributed by atoms with Gasteiger partial charge in [-0.05, 0) is 31.4 Å². The van der Waals surface area contributed by atoms with Gasteiger partial charge < -0.3 is 5.11 Å². The predicted molar refractivity (Wildman–Crippen MR) is 101 cm³/mol. The molecule has 1 N–H and O–H groups in total. The third-order valence-corrected chi connectivity index (χ3v) is 3.98. The summed E-state index contributed by atoms with van der Waals surface area (Å²) in [5.41, 5.74) is 2.42. The predicted octanol–water partition coefficient (Wildman–Crippen LogP) is 6.68. The number of rotatable bonds is 8. The molecule has 0 saturated heterocycles. The van der Waals surface area contributed by atoms with Crippen molar-refractivity contribution in [3.8, 4) is 5.75 Å². The average molecular weight is 312 g/mol. The molecule has 2 rings (SSSR count). The van der Waals surface area contributed by atoms with Crippen LogP contribution in [0.15, 0.2) is 54.6 Å². The van der Waals surface area contributed by atoms with Crippen molar-refractivity contribution >= 4 is 0 Å². The number of benzene rings is 2. The van der Waals surface area contributed by atoms with E-state index in [2.05, 4.69) is 26.0 Å². The minimum atomic E-state index is 0.452. The molecule has 0 radical (unpaired) electrons. The maximum absolute atomic E-state index is 9.58. The Kier molecular flexibility index (Phi) is 10.7. The van der Waals surface area contributed by atoms with E-state index in [9.17, 15) is 5.11 Å². The van der Waals surface area contributed by atoms with Crippen LogP contribution in [0.1, 0.15) is 63.0 Å². The molecule has 0 atom stereocenters. The summed E-state index contributed by atoms with van der Waals surface area (Å²) in [5.74, 6) is 0.452. The van der Waals surface area contributed by atoms with Crippen LogP contribution in [-0.2, 0) is 6.42 Å². The van der Waals surface area contributed by atoms with E-state index in [0.717, 1.165) is 12.0 Å². The molecule has 1 nitrogen and oxygen atoms in total. The van der Waals surface area contributed by atoms with Crippen LogP contribution in [0, 0.1) is 6.92 Å². The van der Waals surface area contributed by atoms with E-state index in [0.29, 0.717) is 5.75 Å². The molecule has 0 unspecified atom stereocenters. The quantitative estimate of drug-likeness (QED) is 0.539. The van der Waals surface area contributed by atoms with Crippen LogP contribution in [0.4, 0.5) is 0 Å². The molecular weight excluding hydrogens is 280 g/mol. The molecular formula is C22H32O. The van der Waals surface area contributed by atoms with Crippen molar-refractivity contribution < 1.29 is 5.11 Å². The van der Waals surface area contributed by atoms with Gasteiger partial charge in [0.15, 0.2) is 0 Å². The number of phenols is 1. The van der Waals surface area contributed by atoms with Crippen molar-refractivity contribution in [1.29, 1.82) is 0 Å². The van der Waals surface area contributed by atoms with E-state index in [1.165, 1.54) is 50.5 Å². The summed E-state index contributed by atoms with van der Waals surface area (Å²) in [6.07, 6.45) is 10.3. The third-order valence-electron chi connectivity index (χ3n) is 3.98. The number of hydrogen-bond donors (Lipinski definition) is 1. The third kappa shape index (κ3) is 9.78. The van der Waals surface area contributed by atoms with Gasteiger partial charge in [-0.15, -0.1) is 0 Å². The molecule has 0 saturated carbocycles. The molecule has 0 amide bonds. The topological polar surface area (TPSA) is 20.2 Å². The highest BCUT2D eigenvalue weighted by Gasteiger charge is 1.98. The Bertz CT molecular complexity index is 504. The summed E-state index contributed by atoms with van der Waals surface area (Å²) < 4.78 is 0.